The molecule has 0 heterocycles. The van der Waals surface area contributed by atoms with E-state index in [1.165, 1.54) is 0 Å². The standard InChI is InChI=1S/C18H16F3NO3/c19-18(20,21)16(23)9-22-17(24)25-10-15-13-7-3-1-5-11(13)12-6-2-4-8-14(12)15/h1-8,15-16,23H,9-10H2,(H,22,24)/t16-/m0/s1. The lowest BCUT2D eigenvalue weighted by molar-refractivity contribution is -0.201. The van der Waals surface area contributed by atoms with E-state index in [4.69, 9.17) is 9.84 Å². The Labute approximate surface area is 142 Å². The molecule has 2 aromatic carbocycles. The van der Waals surface area contributed by atoms with Crippen molar-refractivity contribution in [3.63, 3.8) is 0 Å². The highest BCUT2D eigenvalue weighted by molar-refractivity contribution is 5.79. The quantitative estimate of drug-likeness (QED) is 0.887. The molecule has 1 amide bonds. The van der Waals surface area contributed by atoms with Crippen molar-refractivity contribution in [2.45, 2.75) is 18.2 Å². The highest BCUT2D eigenvalue weighted by Gasteiger charge is 2.38. The minimum absolute atomic E-state index is 0.00196. The zero-order chi connectivity index (χ0) is 18.0. The maximum Gasteiger partial charge on any atom is 0.416 e. The first-order valence-electron chi connectivity index (χ1n) is 7.71. The molecule has 1 aliphatic carbocycles. The number of hydrogen-bond donors (Lipinski definition) is 2. The number of carbonyl (C=O) groups excluding carboxylic acids is 1. The van der Waals surface area contributed by atoms with Crippen LogP contribution in [0.3, 0.4) is 0 Å². The molecule has 0 spiro atoms. The first-order chi connectivity index (χ1) is 11.9. The van der Waals surface area contributed by atoms with Crippen LogP contribution in [0.1, 0.15) is 17.0 Å². The van der Waals surface area contributed by atoms with E-state index in [9.17, 15) is 18.0 Å². The van der Waals surface area contributed by atoms with Gasteiger partial charge in [0, 0.05) is 5.92 Å². The van der Waals surface area contributed by atoms with Crippen molar-refractivity contribution in [1.82, 2.24) is 5.32 Å². The minimum Gasteiger partial charge on any atom is -0.449 e. The number of carbonyl (C=O) groups is 1. The zero-order valence-corrected chi connectivity index (χ0v) is 13.1. The molecule has 1 atom stereocenters. The Morgan fingerprint density at radius 1 is 1.08 bits per heavy atom. The average molecular weight is 351 g/mol. The molecule has 132 valence electrons. The molecule has 0 unspecified atom stereocenters. The predicted octanol–water partition coefficient (Wildman–Crippen LogP) is 3.45. The molecule has 1 aliphatic rings. The van der Waals surface area contributed by atoms with Crippen molar-refractivity contribution in [3.05, 3.63) is 59.7 Å². The minimum atomic E-state index is -4.78. The number of rotatable bonds is 4. The van der Waals surface area contributed by atoms with Gasteiger partial charge in [-0.1, -0.05) is 48.5 Å². The van der Waals surface area contributed by atoms with Gasteiger partial charge in [0.1, 0.15) is 6.61 Å². The summed E-state index contributed by atoms with van der Waals surface area (Å²) in [7, 11) is 0. The lowest BCUT2D eigenvalue weighted by atomic mass is 9.98. The number of alkyl halides is 3. The molecule has 2 N–H and O–H groups in total. The lowest BCUT2D eigenvalue weighted by Gasteiger charge is -2.17. The molecule has 0 aromatic heterocycles. The average Bonchev–Trinajstić information content (AvgIpc) is 2.91. The number of nitrogens with one attached hydrogen (secondary N) is 1. The van der Waals surface area contributed by atoms with Gasteiger partial charge in [0.25, 0.3) is 0 Å². The fourth-order valence-corrected chi connectivity index (χ4v) is 2.95. The summed E-state index contributed by atoms with van der Waals surface area (Å²) in [5, 5.41) is 10.8. The molecule has 2 aromatic rings. The Hall–Kier alpha value is -2.54. The maximum atomic E-state index is 12.2. The number of halogens is 3. The Morgan fingerprint density at radius 3 is 2.12 bits per heavy atom. The van der Waals surface area contributed by atoms with Gasteiger partial charge in [-0.25, -0.2) is 4.79 Å². The second-order valence-corrected chi connectivity index (χ2v) is 5.76. The lowest BCUT2D eigenvalue weighted by Crippen LogP contribution is -2.41. The van der Waals surface area contributed by atoms with Crippen LogP contribution in [0, 0.1) is 0 Å². The van der Waals surface area contributed by atoms with Crippen LogP contribution in [0.4, 0.5) is 18.0 Å². The summed E-state index contributed by atoms with van der Waals surface area (Å²) in [6.07, 6.45) is -8.39. The highest BCUT2D eigenvalue weighted by Crippen LogP contribution is 2.44. The Morgan fingerprint density at radius 2 is 1.60 bits per heavy atom. The van der Waals surface area contributed by atoms with Crippen molar-refractivity contribution in [2.75, 3.05) is 13.2 Å². The highest BCUT2D eigenvalue weighted by atomic mass is 19.4. The molecule has 0 saturated heterocycles. The molecule has 7 heteroatoms. The van der Waals surface area contributed by atoms with Crippen molar-refractivity contribution >= 4 is 6.09 Å². The summed E-state index contributed by atoms with van der Waals surface area (Å²) in [5.41, 5.74) is 4.12. The maximum absolute atomic E-state index is 12.2. The zero-order valence-electron chi connectivity index (χ0n) is 13.1. The van der Waals surface area contributed by atoms with Crippen molar-refractivity contribution in [3.8, 4) is 11.1 Å². The summed E-state index contributed by atoms with van der Waals surface area (Å²) in [5.74, 6) is -0.175. The number of aliphatic hydroxyl groups is 1. The number of hydrogen-bond acceptors (Lipinski definition) is 3. The molecule has 25 heavy (non-hydrogen) atoms. The third kappa shape index (κ3) is 3.61. The van der Waals surface area contributed by atoms with Crippen LogP contribution < -0.4 is 5.32 Å². The second-order valence-electron chi connectivity index (χ2n) is 5.76. The normalized spacial score (nSPS) is 14.6. The van der Waals surface area contributed by atoms with E-state index in [-0.39, 0.29) is 12.5 Å². The molecule has 0 fully saturated rings. The summed E-state index contributed by atoms with van der Waals surface area (Å²) < 4.78 is 41.7. The summed E-state index contributed by atoms with van der Waals surface area (Å²) in [6.45, 7) is -0.942. The first-order valence-corrected chi connectivity index (χ1v) is 7.71. The van der Waals surface area contributed by atoms with Gasteiger partial charge in [0.15, 0.2) is 6.10 Å². The Balaban J connectivity index is 1.65. The van der Waals surface area contributed by atoms with Crippen molar-refractivity contribution in [2.24, 2.45) is 0 Å². The first kappa shape index (κ1) is 17.3. The Kier molecular flexibility index (Phi) is 4.67. The molecule has 0 bridgehead atoms. The fourth-order valence-electron chi connectivity index (χ4n) is 2.95. The van der Waals surface area contributed by atoms with Gasteiger partial charge in [0.2, 0.25) is 0 Å². The van der Waals surface area contributed by atoms with Gasteiger partial charge in [-0.3, -0.25) is 0 Å². The van der Waals surface area contributed by atoms with E-state index in [1.807, 2.05) is 53.8 Å². The molecule has 0 aliphatic heterocycles. The number of ether oxygens (including phenoxy) is 1. The fraction of sp³-hybridized carbons (Fsp3) is 0.278. The monoisotopic (exact) mass is 351 g/mol. The van der Waals surface area contributed by atoms with Crippen LogP contribution in [0.5, 0.6) is 0 Å². The third-order valence-electron chi connectivity index (χ3n) is 4.16. The molecule has 3 rings (SSSR count). The predicted molar refractivity (Wildman–Crippen MR) is 85.1 cm³/mol. The van der Waals surface area contributed by atoms with Crippen molar-refractivity contribution in [1.29, 1.82) is 0 Å². The number of alkyl carbamates (subject to hydrolysis) is 1. The van der Waals surface area contributed by atoms with Gasteiger partial charge >= 0.3 is 12.3 Å². The second kappa shape index (κ2) is 6.76. The van der Waals surface area contributed by atoms with Crippen LogP contribution in [-0.4, -0.2) is 36.6 Å². The van der Waals surface area contributed by atoms with E-state index in [0.717, 1.165) is 22.3 Å². The van der Waals surface area contributed by atoms with Crippen LogP contribution in [0.25, 0.3) is 11.1 Å². The van der Waals surface area contributed by atoms with Gasteiger partial charge in [0.05, 0.1) is 6.54 Å². The molecule has 4 nitrogen and oxygen atoms in total. The number of aliphatic hydroxyl groups excluding tert-OH is 1. The number of fused-ring (bicyclic) bond motifs is 3. The number of benzene rings is 2. The molecule has 0 saturated carbocycles. The van der Waals surface area contributed by atoms with Crippen LogP contribution in [0.15, 0.2) is 48.5 Å². The van der Waals surface area contributed by atoms with Gasteiger partial charge < -0.3 is 15.2 Å². The number of amides is 1. The SMILES string of the molecule is O=C(NC[C@H](O)C(F)(F)F)OCC1c2ccccc2-c2ccccc21. The Bertz CT molecular complexity index is 731. The topological polar surface area (TPSA) is 58.6 Å². The van der Waals surface area contributed by atoms with E-state index in [2.05, 4.69) is 0 Å². The third-order valence-corrected chi connectivity index (χ3v) is 4.16. The molecular formula is C18H16F3NO3. The summed E-state index contributed by atoms with van der Waals surface area (Å²) in [6, 6.07) is 15.5. The van der Waals surface area contributed by atoms with Gasteiger partial charge in [-0.05, 0) is 22.3 Å². The van der Waals surface area contributed by atoms with E-state index in [1.54, 1.807) is 0 Å². The molecule has 0 radical (unpaired) electrons. The van der Waals surface area contributed by atoms with Crippen molar-refractivity contribution < 1.29 is 27.8 Å². The van der Waals surface area contributed by atoms with E-state index < -0.39 is 24.9 Å². The van der Waals surface area contributed by atoms with E-state index in [0.29, 0.717) is 0 Å². The molecular weight excluding hydrogens is 335 g/mol. The van der Waals surface area contributed by atoms with Gasteiger partial charge in [-0.2, -0.15) is 13.2 Å². The van der Waals surface area contributed by atoms with Crippen LogP contribution in [0.2, 0.25) is 0 Å². The largest absolute Gasteiger partial charge is 0.449 e. The van der Waals surface area contributed by atoms with Crippen LogP contribution in [-0.2, 0) is 4.74 Å². The van der Waals surface area contributed by atoms with E-state index >= 15 is 0 Å². The van der Waals surface area contributed by atoms with Gasteiger partial charge in [-0.15, -0.1) is 0 Å². The summed E-state index contributed by atoms with van der Waals surface area (Å²) >= 11 is 0. The summed E-state index contributed by atoms with van der Waals surface area (Å²) in [4.78, 5) is 11.6. The van der Waals surface area contributed by atoms with Crippen LogP contribution >= 0.6 is 0 Å². The smallest absolute Gasteiger partial charge is 0.416 e.